The second-order valence-corrected chi connectivity index (χ2v) is 14.5. The number of hydrogen-bond donors (Lipinski definition) is 6. The summed E-state index contributed by atoms with van der Waals surface area (Å²) in [5.74, 6) is 0.641. The molecule has 302 valence electrons. The van der Waals surface area contributed by atoms with Crippen molar-refractivity contribution in [3.05, 3.63) is 90.3 Å². The quantitative estimate of drug-likeness (QED) is 0.0867. The van der Waals surface area contributed by atoms with Crippen molar-refractivity contribution < 1.29 is 46.6 Å². The molecule has 2 aliphatic heterocycles. The van der Waals surface area contributed by atoms with Gasteiger partial charge in [0.2, 0.25) is 0 Å². The van der Waals surface area contributed by atoms with Crippen molar-refractivity contribution in [1.82, 2.24) is 39.5 Å². The number of anilines is 1. The topological polar surface area (TPSA) is 206 Å². The van der Waals surface area contributed by atoms with Gasteiger partial charge in [0.1, 0.15) is 30.4 Å². The molecule has 5 atom stereocenters. The number of benzene rings is 2. The number of aromatic nitrogens is 7. The smallest absolute Gasteiger partial charge is 0.277 e. The van der Waals surface area contributed by atoms with Crippen LogP contribution in [-0.2, 0) is 29.1 Å². The van der Waals surface area contributed by atoms with E-state index in [1.165, 1.54) is 0 Å². The first kappa shape index (κ1) is 40.3. The van der Waals surface area contributed by atoms with Crippen molar-refractivity contribution in [3.8, 4) is 11.1 Å². The van der Waals surface area contributed by atoms with E-state index in [0.29, 0.717) is 17.7 Å². The Morgan fingerprint density at radius 3 is 2.63 bits per heavy atom. The Labute approximate surface area is 335 Å². The molecule has 1 unspecified atom stereocenters. The number of halogens is 1. The number of carbonyl (C=O) groups is 1. The summed E-state index contributed by atoms with van der Waals surface area (Å²) in [5.41, 5.74) is 12.2. The van der Waals surface area contributed by atoms with Gasteiger partial charge in [0.05, 0.1) is 38.0 Å². The number of fused-ring (bicyclic) bond motifs is 2. The average Bonchev–Trinajstić information content (AvgIpc) is 3.97. The first-order valence-electron chi connectivity index (χ1n) is 19.3. The number of ether oxygens (including phenoxy) is 2. The van der Waals surface area contributed by atoms with E-state index in [1.54, 1.807) is 12.3 Å². The SMILES string of the molecule is CCn1c(CNC(=O)c2nc3cc[nH]c3nc2N)[n+](CC)c2ccc(-c3cnn(C4CCN(C[C@H](O)[C@@H](O)[C@@H]5OC(c6ccccc6)OC[C@H]5O)CC4)c3)cc21.[Cl-]. The van der Waals surface area contributed by atoms with Gasteiger partial charge in [-0.1, -0.05) is 30.3 Å². The number of nitrogen functional groups attached to an aromatic ring is 1. The number of H-pyrrole nitrogens is 1. The van der Waals surface area contributed by atoms with Crippen LogP contribution in [0.3, 0.4) is 0 Å². The number of β-amino-alcohol motifs (C(OH)–C–C–N with tert-alkyl or cyclic N) is 1. The molecule has 2 aliphatic rings. The lowest BCUT2D eigenvalue weighted by Gasteiger charge is -2.39. The normalized spacial score (nSPS) is 20.4. The average molecular weight is 801 g/mol. The number of carbonyl (C=O) groups excluding carboxylic acids is 1. The lowest BCUT2D eigenvalue weighted by atomic mass is 9.99. The maximum absolute atomic E-state index is 13.2. The highest BCUT2D eigenvalue weighted by Crippen LogP contribution is 2.31. The van der Waals surface area contributed by atoms with Crippen molar-refractivity contribution >= 4 is 33.9 Å². The largest absolute Gasteiger partial charge is 1.00 e. The number of piperidine rings is 1. The maximum Gasteiger partial charge on any atom is 0.277 e. The number of nitrogens with one attached hydrogen (secondary N) is 2. The molecule has 6 heterocycles. The highest BCUT2D eigenvalue weighted by molar-refractivity contribution is 5.98. The van der Waals surface area contributed by atoms with Crippen molar-refractivity contribution in [2.75, 3.05) is 32.0 Å². The fourth-order valence-corrected chi connectivity index (χ4v) is 8.05. The zero-order valence-electron chi connectivity index (χ0n) is 31.9. The van der Waals surface area contributed by atoms with Crippen LogP contribution in [0.1, 0.15) is 60.9 Å². The highest BCUT2D eigenvalue weighted by atomic mass is 35.5. The van der Waals surface area contributed by atoms with Crippen LogP contribution < -0.4 is 28.0 Å². The number of hydrogen-bond acceptors (Lipinski definition) is 11. The van der Waals surface area contributed by atoms with E-state index in [9.17, 15) is 20.1 Å². The molecule has 16 nitrogen and oxygen atoms in total. The van der Waals surface area contributed by atoms with Gasteiger partial charge in [-0.2, -0.15) is 5.10 Å². The molecule has 0 spiro atoms. The maximum atomic E-state index is 13.2. The molecule has 0 aliphatic carbocycles. The predicted molar refractivity (Wildman–Crippen MR) is 207 cm³/mol. The Morgan fingerprint density at radius 1 is 1.09 bits per heavy atom. The summed E-state index contributed by atoms with van der Waals surface area (Å²) >= 11 is 0. The summed E-state index contributed by atoms with van der Waals surface area (Å²) in [4.78, 5) is 27.0. The molecule has 2 aromatic carbocycles. The van der Waals surface area contributed by atoms with Gasteiger partial charge in [0.15, 0.2) is 34.5 Å². The Morgan fingerprint density at radius 2 is 1.88 bits per heavy atom. The molecule has 6 aromatic rings. The Balaban J connectivity index is 0.00000496. The zero-order chi connectivity index (χ0) is 38.9. The number of aliphatic hydroxyl groups is 3. The van der Waals surface area contributed by atoms with Crippen LogP contribution in [0.15, 0.2) is 73.2 Å². The van der Waals surface area contributed by atoms with Gasteiger partial charge in [-0.25, -0.2) is 19.1 Å². The van der Waals surface area contributed by atoms with Gasteiger partial charge < -0.3 is 58.1 Å². The second-order valence-electron chi connectivity index (χ2n) is 14.5. The second kappa shape index (κ2) is 17.3. The Bertz CT molecular complexity index is 2310. The number of rotatable bonds is 12. The van der Waals surface area contributed by atoms with E-state index in [-0.39, 0.29) is 55.6 Å². The summed E-state index contributed by atoms with van der Waals surface area (Å²) < 4.78 is 18.0. The summed E-state index contributed by atoms with van der Waals surface area (Å²) in [6.45, 7) is 7.59. The van der Waals surface area contributed by atoms with Crippen LogP contribution in [0.5, 0.6) is 0 Å². The van der Waals surface area contributed by atoms with E-state index in [1.807, 2.05) is 41.2 Å². The number of aryl methyl sites for hydroxylation is 2. The summed E-state index contributed by atoms with van der Waals surface area (Å²) in [5, 5.41) is 40.4. The fraction of sp³-hybridized carbons (Fsp3) is 0.425. The van der Waals surface area contributed by atoms with Gasteiger partial charge in [-0.15, -0.1) is 0 Å². The van der Waals surface area contributed by atoms with Crippen molar-refractivity contribution in [2.24, 2.45) is 0 Å². The third kappa shape index (κ3) is 8.12. The lowest BCUT2D eigenvalue weighted by Crippen LogP contribution is -3.00. The molecule has 0 saturated carbocycles. The van der Waals surface area contributed by atoms with Crippen LogP contribution in [0.4, 0.5) is 5.82 Å². The third-order valence-electron chi connectivity index (χ3n) is 11.0. The molecule has 1 amide bonds. The lowest BCUT2D eigenvalue weighted by molar-refractivity contribution is -0.676. The summed E-state index contributed by atoms with van der Waals surface area (Å²) in [6, 6.07) is 17.7. The minimum absolute atomic E-state index is 0. The Hall–Kier alpha value is -4.94. The Kier molecular flexibility index (Phi) is 12.2. The van der Waals surface area contributed by atoms with E-state index in [4.69, 9.17) is 20.3 Å². The minimum Gasteiger partial charge on any atom is -1.00 e. The molecule has 2 fully saturated rings. The van der Waals surface area contributed by atoms with Gasteiger partial charge in [0.25, 0.3) is 11.7 Å². The molecule has 8 rings (SSSR count). The molecule has 17 heteroatoms. The molecular formula is C40H49ClN10O6. The number of nitrogens with two attached hydrogens (primary N) is 1. The number of nitrogens with zero attached hydrogens (tertiary/aromatic N) is 7. The van der Waals surface area contributed by atoms with E-state index in [2.05, 4.69) is 72.5 Å². The fourth-order valence-electron chi connectivity index (χ4n) is 8.05. The minimum atomic E-state index is -1.28. The van der Waals surface area contributed by atoms with Gasteiger partial charge in [0, 0.05) is 43.2 Å². The summed E-state index contributed by atoms with van der Waals surface area (Å²) in [7, 11) is 0. The molecule has 0 radical (unpaired) electrons. The standard InChI is InChI=1S/C40H48N10O6.ClH/c1-3-48-29-11-10-25(18-30(29)49(4-2)33(48)20-43-39(54)34-37(41)46-38-28(45-34)12-15-42-38)26-19-44-50(21-26)27-13-16-47(17-14-27)22-31(51)35(53)36-32(52)23-55-40(56-36)24-8-6-5-7-9-24;/h5-12,15,18-19,21,27,31-32,35-36,40,51-53H,3-4,13-14,16-17,20,22-23H2,1-2H3,(H3-,41,42,43,45,46,54);1H/t31-,32+,35+,36+,40?;/m0./s1. The van der Waals surface area contributed by atoms with Crippen molar-refractivity contribution in [3.63, 3.8) is 0 Å². The molecule has 4 aromatic heterocycles. The molecule has 7 N–H and O–H groups in total. The van der Waals surface area contributed by atoms with Gasteiger partial charge in [-0.05, 0) is 56.5 Å². The van der Waals surface area contributed by atoms with Crippen LogP contribution in [0.2, 0.25) is 0 Å². The molecular weight excluding hydrogens is 752 g/mol. The molecule has 2 saturated heterocycles. The van der Waals surface area contributed by atoms with Crippen LogP contribution in [-0.4, -0.2) is 106 Å². The number of amides is 1. The zero-order valence-corrected chi connectivity index (χ0v) is 32.7. The molecule has 57 heavy (non-hydrogen) atoms. The van der Waals surface area contributed by atoms with E-state index >= 15 is 0 Å². The monoisotopic (exact) mass is 800 g/mol. The van der Waals surface area contributed by atoms with Crippen LogP contribution in [0, 0.1) is 0 Å². The number of imidazole rings is 1. The highest BCUT2D eigenvalue weighted by Gasteiger charge is 2.40. The van der Waals surface area contributed by atoms with Gasteiger partial charge >= 0.3 is 0 Å². The molecule has 0 bridgehead atoms. The first-order valence-corrected chi connectivity index (χ1v) is 19.3. The first-order chi connectivity index (χ1) is 27.2. The van der Waals surface area contributed by atoms with Crippen molar-refractivity contribution in [1.29, 1.82) is 0 Å². The third-order valence-corrected chi connectivity index (χ3v) is 11.0. The van der Waals surface area contributed by atoms with Gasteiger partial charge in [-0.3, -0.25) is 9.48 Å². The van der Waals surface area contributed by atoms with Crippen LogP contribution in [0.25, 0.3) is 33.3 Å². The van der Waals surface area contributed by atoms with Crippen molar-refractivity contribution in [2.45, 2.75) is 83.1 Å². The predicted octanol–water partition coefficient (Wildman–Crippen LogP) is -0.547. The number of aliphatic hydroxyl groups excluding tert-OH is 3. The summed E-state index contributed by atoms with van der Waals surface area (Å²) in [6.07, 6.45) is 2.22. The van der Waals surface area contributed by atoms with Crippen LogP contribution >= 0.6 is 0 Å². The number of likely N-dealkylation sites (tertiary alicyclic amines) is 1. The van der Waals surface area contributed by atoms with E-state index < -0.39 is 30.7 Å². The number of aromatic amines is 1. The van der Waals surface area contributed by atoms with E-state index in [0.717, 1.165) is 66.0 Å².